The van der Waals surface area contributed by atoms with Crippen LogP contribution in [-0.2, 0) is 17.9 Å². The van der Waals surface area contributed by atoms with E-state index in [0.29, 0.717) is 29.4 Å². The number of benzene rings is 2. The van der Waals surface area contributed by atoms with Gasteiger partial charge in [-0.3, -0.25) is 9.36 Å². The van der Waals surface area contributed by atoms with Crippen molar-refractivity contribution in [1.82, 2.24) is 14.8 Å². The standard InChI is InChI=1S/C26H32N4O2S/c1-6-15-30-24(16-32-21-13-11-20(12-14-21)18(2)3)28-29-26(30)33-17-25(31)27-23-10-8-7-9-22(23)19(4)5/h6-14,18-19H,1,15-17H2,2-5H3,(H,27,31). The fourth-order valence-corrected chi connectivity index (χ4v) is 4.14. The van der Waals surface area contributed by atoms with Crippen LogP contribution in [0.5, 0.6) is 5.75 Å². The third kappa shape index (κ3) is 6.71. The molecule has 7 heteroatoms. The van der Waals surface area contributed by atoms with Crippen molar-refractivity contribution in [1.29, 1.82) is 0 Å². The second kappa shape index (κ2) is 11.7. The number of carbonyl (C=O) groups excluding carboxylic acids is 1. The van der Waals surface area contributed by atoms with Gasteiger partial charge in [0.25, 0.3) is 0 Å². The molecule has 1 heterocycles. The van der Waals surface area contributed by atoms with Gasteiger partial charge in [0, 0.05) is 12.2 Å². The summed E-state index contributed by atoms with van der Waals surface area (Å²) in [6.07, 6.45) is 1.79. The number of anilines is 1. The summed E-state index contributed by atoms with van der Waals surface area (Å²) < 4.78 is 7.85. The Balaban J connectivity index is 1.62. The Kier molecular flexibility index (Phi) is 8.72. The molecular formula is C26H32N4O2S. The van der Waals surface area contributed by atoms with Crippen LogP contribution in [0.25, 0.3) is 0 Å². The molecule has 3 aromatic rings. The zero-order valence-electron chi connectivity index (χ0n) is 19.7. The molecular weight excluding hydrogens is 432 g/mol. The molecule has 0 spiro atoms. The lowest BCUT2D eigenvalue weighted by Gasteiger charge is -2.13. The first-order valence-corrected chi connectivity index (χ1v) is 12.1. The molecule has 33 heavy (non-hydrogen) atoms. The molecule has 0 unspecified atom stereocenters. The molecule has 3 rings (SSSR count). The van der Waals surface area contributed by atoms with Crippen molar-refractivity contribution in [2.45, 2.75) is 57.8 Å². The van der Waals surface area contributed by atoms with Crippen LogP contribution in [0.2, 0.25) is 0 Å². The lowest BCUT2D eigenvalue weighted by atomic mass is 10.0. The van der Waals surface area contributed by atoms with Gasteiger partial charge in [0.05, 0.1) is 5.75 Å². The summed E-state index contributed by atoms with van der Waals surface area (Å²) in [6.45, 7) is 13.2. The predicted octanol–water partition coefficient (Wildman–Crippen LogP) is 6.02. The third-order valence-corrected chi connectivity index (χ3v) is 6.18. The van der Waals surface area contributed by atoms with E-state index in [-0.39, 0.29) is 18.3 Å². The van der Waals surface area contributed by atoms with Crippen LogP contribution in [0.15, 0.2) is 66.3 Å². The molecule has 0 bridgehead atoms. The van der Waals surface area contributed by atoms with Gasteiger partial charge in [0.15, 0.2) is 11.0 Å². The number of ether oxygens (including phenoxy) is 1. The van der Waals surface area contributed by atoms with Crippen LogP contribution in [0, 0.1) is 0 Å². The van der Waals surface area contributed by atoms with Crippen molar-refractivity contribution >= 4 is 23.4 Å². The van der Waals surface area contributed by atoms with Crippen LogP contribution >= 0.6 is 11.8 Å². The first kappa shape index (κ1) is 24.6. The summed E-state index contributed by atoms with van der Waals surface area (Å²) in [4.78, 5) is 12.6. The SMILES string of the molecule is C=CCn1c(COc2ccc(C(C)C)cc2)nnc1SCC(=O)Nc1ccccc1C(C)C. The highest BCUT2D eigenvalue weighted by Gasteiger charge is 2.15. The highest BCUT2D eigenvalue weighted by Crippen LogP contribution is 2.25. The molecule has 174 valence electrons. The van der Waals surface area contributed by atoms with E-state index in [0.717, 1.165) is 17.0 Å². The van der Waals surface area contributed by atoms with Gasteiger partial charge in [0.2, 0.25) is 5.91 Å². The number of nitrogens with one attached hydrogen (secondary N) is 1. The zero-order valence-corrected chi connectivity index (χ0v) is 20.6. The molecule has 0 aliphatic rings. The van der Waals surface area contributed by atoms with Gasteiger partial charge in [-0.25, -0.2) is 0 Å². The largest absolute Gasteiger partial charge is 0.486 e. The quantitative estimate of drug-likeness (QED) is 0.278. The fraction of sp³-hybridized carbons (Fsp3) is 0.346. The number of allylic oxidation sites excluding steroid dienone is 1. The molecule has 6 nitrogen and oxygen atoms in total. The minimum absolute atomic E-state index is 0.0794. The highest BCUT2D eigenvalue weighted by molar-refractivity contribution is 7.99. The highest BCUT2D eigenvalue weighted by atomic mass is 32.2. The normalized spacial score (nSPS) is 11.1. The van der Waals surface area contributed by atoms with Crippen molar-refractivity contribution in [3.05, 3.63) is 78.1 Å². The average Bonchev–Trinajstić information content (AvgIpc) is 3.18. The van der Waals surface area contributed by atoms with Crippen molar-refractivity contribution in [3.63, 3.8) is 0 Å². The summed E-state index contributed by atoms with van der Waals surface area (Å²) in [5.74, 6) is 2.43. The number of nitrogens with zero attached hydrogens (tertiary/aromatic N) is 3. The number of para-hydroxylation sites is 1. The van der Waals surface area contributed by atoms with Gasteiger partial charge in [0.1, 0.15) is 12.4 Å². The molecule has 0 aliphatic carbocycles. The lowest BCUT2D eigenvalue weighted by molar-refractivity contribution is -0.113. The molecule has 0 fully saturated rings. The van der Waals surface area contributed by atoms with Crippen LogP contribution in [0.3, 0.4) is 0 Å². The van der Waals surface area contributed by atoms with Gasteiger partial charge in [-0.2, -0.15) is 0 Å². The van der Waals surface area contributed by atoms with E-state index in [1.807, 2.05) is 41.0 Å². The molecule has 1 aromatic heterocycles. The van der Waals surface area contributed by atoms with E-state index in [1.165, 1.54) is 17.3 Å². The Bertz CT molecular complexity index is 1070. The minimum Gasteiger partial charge on any atom is -0.486 e. The van der Waals surface area contributed by atoms with Crippen LogP contribution in [-0.4, -0.2) is 26.4 Å². The molecule has 1 N–H and O–H groups in total. The van der Waals surface area contributed by atoms with Crippen molar-refractivity contribution < 1.29 is 9.53 Å². The van der Waals surface area contributed by atoms with Gasteiger partial charge in [-0.05, 0) is 41.2 Å². The number of hydrogen-bond acceptors (Lipinski definition) is 5. The van der Waals surface area contributed by atoms with Gasteiger partial charge in [-0.15, -0.1) is 16.8 Å². The summed E-state index contributed by atoms with van der Waals surface area (Å²) in [6, 6.07) is 16.0. The van der Waals surface area contributed by atoms with Crippen LogP contribution in [0.1, 0.15) is 56.5 Å². The number of hydrogen-bond donors (Lipinski definition) is 1. The first-order chi connectivity index (χ1) is 15.9. The van der Waals surface area contributed by atoms with E-state index >= 15 is 0 Å². The molecule has 0 atom stereocenters. The van der Waals surface area contributed by atoms with E-state index in [2.05, 4.69) is 61.9 Å². The predicted molar refractivity (Wildman–Crippen MR) is 135 cm³/mol. The Morgan fingerprint density at radius 2 is 1.82 bits per heavy atom. The minimum atomic E-state index is -0.0794. The van der Waals surface area contributed by atoms with Crippen molar-refractivity contribution in [2.75, 3.05) is 11.1 Å². The topological polar surface area (TPSA) is 69.0 Å². The van der Waals surface area contributed by atoms with Crippen molar-refractivity contribution in [3.8, 4) is 5.75 Å². The number of rotatable bonds is 11. The Morgan fingerprint density at radius 1 is 1.09 bits per heavy atom. The average molecular weight is 465 g/mol. The second-order valence-electron chi connectivity index (χ2n) is 8.39. The second-order valence-corrected chi connectivity index (χ2v) is 9.33. The van der Waals surface area contributed by atoms with Gasteiger partial charge in [-0.1, -0.05) is 75.9 Å². The molecule has 0 saturated carbocycles. The van der Waals surface area contributed by atoms with Crippen molar-refractivity contribution in [2.24, 2.45) is 0 Å². The smallest absolute Gasteiger partial charge is 0.234 e. The zero-order chi connectivity index (χ0) is 23.8. The molecule has 0 aliphatic heterocycles. The summed E-state index contributed by atoms with van der Waals surface area (Å²) in [5.41, 5.74) is 3.24. The molecule has 0 saturated heterocycles. The fourth-order valence-electron chi connectivity index (χ4n) is 3.37. The Hall–Kier alpha value is -3.06. The number of amides is 1. The van der Waals surface area contributed by atoms with Crippen LogP contribution < -0.4 is 10.1 Å². The van der Waals surface area contributed by atoms with Gasteiger partial charge < -0.3 is 10.1 Å². The number of carbonyl (C=O) groups is 1. The van der Waals surface area contributed by atoms with E-state index in [4.69, 9.17) is 4.74 Å². The lowest BCUT2D eigenvalue weighted by Crippen LogP contribution is -2.16. The maximum atomic E-state index is 12.6. The summed E-state index contributed by atoms with van der Waals surface area (Å²) in [7, 11) is 0. The Labute approximate surface area is 200 Å². The van der Waals surface area contributed by atoms with E-state index in [9.17, 15) is 4.79 Å². The number of aromatic nitrogens is 3. The van der Waals surface area contributed by atoms with Crippen LogP contribution in [0.4, 0.5) is 5.69 Å². The monoisotopic (exact) mass is 464 g/mol. The maximum Gasteiger partial charge on any atom is 0.234 e. The molecule has 2 aromatic carbocycles. The Morgan fingerprint density at radius 3 is 2.48 bits per heavy atom. The summed E-state index contributed by atoms with van der Waals surface area (Å²) in [5, 5.41) is 12.2. The maximum absolute atomic E-state index is 12.6. The molecule has 1 amide bonds. The summed E-state index contributed by atoms with van der Waals surface area (Å²) >= 11 is 1.35. The third-order valence-electron chi connectivity index (χ3n) is 5.21. The van der Waals surface area contributed by atoms with Gasteiger partial charge >= 0.3 is 0 Å². The first-order valence-electron chi connectivity index (χ1n) is 11.2. The van der Waals surface area contributed by atoms with E-state index in [1.54, 1.807) is 6.08 Å². The van der Waals surface area contributed by atoms with E-state index < -0.39 is 0 Å². The molecule has 0 radical (unpaired) electrons. The number of thioether (sulfide) groups is 1.